The molecule has 0 radical (unpaired) electrons. The van der Waals surface area contributed by atoms with E-state index in [9.17, 15) is 0 Å². The Kier molecular flexibility index (Phi) is 5.92. The second-order valence-electron chi connectivity index (χ2n) is 13.2. The van der Waals surface area contributed by atoms with Crippen LogP contribution in [0, 0.1) is 0 Å². The molecule has 51 heavy (non-hydrogen) atoms. The largest absolute Gasteiger partial charge is 0.309 e. The van der Waals surface area contributed by atoms with E-state index >= 15 is 0 Å². The van der Waals surface area contributed by atoms with Gasteiger partial charge in [0.2, 0.25) is 0 Å². The molecular formula is C47H28N4. The van der Waals surface area contributed by atoms with Crippen molar-refractivity contribution in [1.29, 1.82) is 0 Å². The summed E-state index contributed by atoms with van der Waals surface area (Å²) in [7, 11) is 0. The molecule has 0 bridgehead atoms. The lowest BCUT2D eigenvalue weighted by molar-refractivity contribution is 1.08. The molecule has 11 aromatic rings. The summed E-state index contributed by atoms with van der Waals surface area (Å²) < 4.78 is 2.45. The van der Waals surface area contributed by atoms with Crippen molar-refractivity contribution in [2.24, 2.45) is 0 Å². The van der Waals surface area contributed by atoms with Crippen LogP contribution in [-0.4, -0.2) is 19.5 Å². The van der Waals surface area contributed by atoms with Gasteiger partial charge in [0.25, 0.3) is 0 Å². The standard InChI is InChI=1S/C47H28N4/c1-3-14-30(15-4-1)45-48-46(31-16-5-2-6-17-31)50-47(49-45)37-22-9-20-34-33(37)19-10-24-39(34)51-40-25-11-21-35-36-28-27-29-13-7-8-18-32(29)42(36)38-23-12-26-41(51)44(38)43(35)40/h1-28H. The number of hydrogen-bond acceptors (Lipinski definition) is 3. The average Bonchev–Trinajstić information content (AvgIpc) is 3.55. The number of rotatable bonds is 4. The van der Waals surface area contributed by atoms with Gasteiger partial charge in [-0.15, -0.1) is 0 Å². The van der Waals surface area contributed by atoms with Crippen LogP contribution in [0.1, 0.15) is 0 Å². The highest BCUT2D eigenvalue weighted by atomic mass is 15.0. The lowest BCUT2D eigenvalue weighted by Crippen LogP contribution is -2.01. The molecule has 2 aromatic heterocycles. The first-order chi connectivity index (χ1) is 25.3. The number of fused-ring (bicyclic) bond motifs is 6. The van der Waals surface area contributed by atoms with E-state index in [0.29, 0.717) is 17.5 Å². The highest BCUT2D eigenvalue weighted by molar-refractivity contribution is 6.38. The quantitative estimate of drug-likeness (QED) is 0.178. The SMILES string of the molecule is c1ccc(-c2nc(-c3ccccc3)nc(-c3cccc4c(-n5c6cccc7c8ccc9ccccc9c8c8cccc5c8c76)cccc34)n2)cc1. The van der Waals surface area contributed by atoms with Crippen LogP contribution in [0.2, 0.25) is 0 Å². The molecule has 0 unspecified atom stereocenters. The summed E-state index contributed by atoms with van der Waals surface area (Å²) in [6.07, 6.45) is 0. The molecule has 0 atom stereocenters. The molecule has 0 N–H and O–H groups in total. The molecule has 0 saturated carbocycles. The minimum absolute atomic E-state index is 0.650. The van der Waals surface area contributed by atoms with Crippen LogP contribution in [0.15, 0.2) is 170 Å². The molecule has 0 fully saturated rings. The van der Waals surface area contributed by atoms with Gasteiger partial charge in [-0.2, -0.15) is 0 Å². The van der Waals surface area contributed by atoms with Crippen LogP contribution in [0.3, 0.4) is 0 Å². The molecule has 4 heteroatoms. The summed E-state index contributed by atoms with van der Waals surface area (Å²) in [5.74, 6) is 1.96. The van der Waals surface area contributed by atoms with E-state index in [4.69, 9.17) is 15.0 Å². The molecule has 0 saturated heterocycles. The van der Waals surface area contributed by atoms with E-state index in [1.807, 2.05) is 60.7 Å². The Hall–Kier alpha value is -6.91. The van der Waals surface area contributed by atoms with Crippen molar-refractivity contribution in [2.75, 3.05) is 0 Å². The Morgan fingerprint density at radius 3 is 1.59 bits per heavy atom. The summed E-state index contributed by atoms with van der Waals surface area (Å²) in [6, 6.07) is 60.2. The molecule has 0 aliphatic carbocycles. The Morgan fingerprint density at radius 1 is 0.314 bits per heavy atom. The van der Waals surface area contributed by atoms with E-state index in [1.165, 1.54) is 54.1 Å². The second kappa shape index (κ2) is 10.8. The monoisotopic (exact) mass is 648 g/mol. The molecular weight excluding hydrogens is 621 g/mol. The van der Waals surface area contributed by atoms with Crippen LogP contribution in [-0.2, 0) is 0 Å². The summed E-state index contributed by atoms with van der Waals surface area (Å²) in [6.45, 7) is 0. The fraction of sp³-hybridized carbons (Fsp3) is 0. The highest BCUT2D eigenvalue weighted by Crippen LogP contribution is 2.46. The third-order valence-corrected chi connectivity index (χ3v) is 10.4. The lowest BCUT2D eigenvalue weighted by atomic mass is 9.91. The maximum atomic E-state index is 5.09. The zero-order valence-corrected chi connectivity index (χ0v) is 27.5. The van der Waals surface area contributed by atoms with Crippen molar-refractivity contribution in [3.63, 3.8) is 0 Å². The third-order valence-electron chi connectivity index (χ3n) is 10.4. The van der Waals surface area contributed by atoms with Crippen LogP contribution < -0.4 is 0 Å². The second-order valence-corrected chi connectivity index (χ2v) is 13.2. The molecule has 236 valence electrons. The van der Waals surface area contributed by atoms with Gasteiger partial charge in [0, 0.05) is 32.8 Å². The zero-order chi connectivity index (χ0) is 33.5. The van der Waals surface area contributed by atoms with E-state index in [0.717, 1.165) is 33.2 Å². The summed E-state index contributed by atoms with van der Waals surface area (Å²) in [4.78, 5) is 15.1. The predicted octanol–water partition coefficient (Wildman–Crippen LogP) is 12.0. The van der Waals surface area contributed by atoms with Crippen molar-refractivity contribution in [2.45, 2.75) is 0 Å². The van der Waals surface area contributed by atoms with Gasteiger partial charge in [0.1, 0.15) is 0 Å². The Bertz CT molecular complexity index is 3070. The van der Waals surface area contributed by atoms with Crippen molar-refractivity contribution in [3.05, 3.63) is 170 Å². The minimum atomic E-state index is 0.650. The number of benzene rings is 9. The molecule has 2 heterocycles. The van der Waals surface area contributed by atoms with Crippen molar-refractivity contribution in [3.8, 4) is 39.9 Å². The van der Waals surface area contributed by atoms with E-state index < -0.39 is 0 Å². The molecule has 4 nitrogen and oxygen atoms in total. The van der Waals surface area contributed by atoms with Crippen molar-refractivity contribution >= 4 is 64.9 Å². The van der Waals surface area contributed by atoms with Crippen LogP contribution in [0.25, 0.3) is 105 Å². The topological polar surface area (TPSA) is 43.6 Å². The van der Waals surface area contributed by atoms with Gasteiger partial charge < -0.3 is 4.57 Å². The first kappa shape index (κ1) is 28.0. The van der Waals surface area contributed by atoms with Gasteiger partial charge in [0.15, 0.2) is 17.5 Å². The van der Waals surface area contributed by atoms with Gasteiger partial charge in [-0.3, -0.25) is 0 Å². The molecule has 11 rings (SSSR count). The summed E-state index contributed by atoms with van der Waals surface area (Å²) in [5, 5.41) is 12.5. The summed E-state index contributed by atoms with van der Waals surface area (Å²) in [5.41, 5.74) is 6.40. The molecule has 0 aliphatic rings. The average molecular weight is 649 g/mol. The van der Waals surface area contributed by atoms with Crippen LogP contribution in [0.4, 0.5) is 0 Å². The van der Waals surface area contributed by atoms with Gasteiger partial charge >= 0.3 is 0 Å². The highest BCUT2D eigenvalue weighted by Gasteiger charge is 2.22. The zero-order valence-electron chi connectivity index (χ0n) is 27.5. The Balaban J connectivity index is 1.20. The molecule has 0 aliphatic heterocycles. The van der Waals surface area contributed by atoms with E-state index in [-0.39, 0.29) is 0 Å². The maximum Gasteiger partial charge on any atom is 0.164 e. The van der Waals surface area contributed by atoms with Crippen molar-refractivity contribution in [1.82, 2.24) is 19.5 Å². The van der Waals surface area contributed by atoms with E-state index in [1.54, 1.807) is 0 Å². The lowest BCUT2D eigenvalue weighted by Gasteiger charge is -2.14. The van der Waals surface area contributed by atoms with Gasteiger partial charge in [-0.25, -0.2) is 15.0 Å². The predicted molar refractivity (Wildman–Crippen MR) is 212 cm³/mol. The first-order valence-electron chi connectivity index (χ1n) is 17.3. The molecule has 9 aromatic carbocycles. The first-order valence-corrected chi connectivity index (χ1v) is 17.3. The van der Waals surface area contributed by atoms with Crippen LogP contribution in [0.5, 0.6) is 0 Å². The Labute approximate surface area is 293 Å². The third kappa shape index (κ3) is 4.11. The molecule has 0 amide bonds. The van der Waals surface area contributed by atoms with Gasteiger partial charge in [0.05, 0.1) is 16.7 Å². The number of nitrogens with zero attached hydrogens (tertiary/aromatic N) is 4. The fourth-order valence-corrected chi connectivity index (χ4v) is 8.20. The number of hydrogen-bond donors (Lipinski definition) is 0. The number of aromatic nitrogens is 4. The molecule has 0 spiro atoms. The smallest absolute Gasteiger partial charge is 0.164 e. The van der Waals surface area contributed by atoms with Gasteiger partial charge in [-0.05, 0) is 55.9 Å². The van der Waals surface area contributed by atoms with Crippen LogP contribution >= 0.6 is 0 Å². The minimum Gasteiger partial charge on any atom is -0.309 e. The summed E-state index contributed by atoms with van der Waals surface area (Å²) >= 11 is 0. The van der Waals surface area contributed by atoms with Gasteiger partial charge in [-0.1, -0.05) is 152 Å². The van der Waals surface area contributed by atoms with E-state index in [2.05, 4.69) is 114 Å². The fourth-order valence-electron chi connectivity index (χ4n) is 8.20. The Morgan fingerprint density at radius 2 is 0.843 bits per heavy atom. The normalized spacial score (nSPS) is 11.9. The van der Waals surface area contributed by atoms with Crippen molar-refractivity contribution < 1.29 is 0 Å². The maximum absolute atomic E-state index is 5.09.